The normalized spacial score (nSPS) is 11.4. The Kier molecular flexibility index (Phi) is 2.47. The number of hydrogen-bond acceptors (Lipinski definition) is 3. The molecule has 3 nitrogen and oxygen atoms in total. The van der Waals surface area contributed by atoms with Gasteiger partial charge in [-0.1, -0.05) is 13.8 Å². The number of furan rings is 1. The fourth-order valence-corrected chi connectivity index (χ4v) is 2.37. The third-order valence-corrected chi connectivity index (χ3v) is 3.37. The van der Waals surface area contributed by atoms with E-state index in [1.807, 2.05) is 13.0 Å². The molecule has 2 aromatic heterocycles. The molecule has 0 fully saturated rings. The van der Waals surface area contributed by atoms with Gasteiger partial charge in [0, 0.05) is 22.9 Å². The summed E-state index contributed by atoms with van der Waals surface area (Å²) in [6, 6.07) is 5.44. The van der Waals surface area contributed by atoms with Crippen LogP contribution in [0.4, 0.5) is 0 Å². The highest BCUT2D eigenvalue weighted by Gasteiger charge is 2.10. The molecule has 3 rings (SSSR count). The Bertz CT molecular complexity index is 777. The van der Waals surface area contributed by atoms with Gasteiger partial charge in [0.2, 0.25) is 0 Å². The van der Waals surface area contributed by atoms with Crippen LogP contribution in [0.25, 0.3) is 21.9 Å². The first-order valence-corrected chi connectivity index (χ1v) is 6.19. The van der Waals surface area contributed by atoms with Gasteiger partial charge in [0.05, 0.1) is 6.26 Å². The van der Waals surface area contributed by atoms with Gasteiger partial charge in [0.1, 0.15) is 11.2 Å². The molecule has 0 aliphatic carbocycles. The minimum Gasteiger partial charge on any atom is -0.464 e. The third-order valence-electron chi connectivity index (χ3n) is 3.37. The lowest BCUT2D eigenvalue weighted by Crippen LogP contribution is -1.99. The molecule has 0 spiro atoms. The van der Waals surface area contributed by atoms with Crippen molar-refractivity contribution in [3.63, 3.8) is 0 Å². The topological polar surface area (TPSA) is 43.4 Å². The van der Waals surface area contributed by atoms with E-state index in [1.165, 1.54) is 5.56 Å². The van der Waals surface area contributed by atoms with Crippen LogP contribution in [0.1, 0.15) is 25.0 Å². The Hall–Kier alpha value is -2.03. The van der Waals surface area contributed by atoms with Crippen molar-refractivity contribution in [3.05, 3.63) is 46.0 Å². The third kappa shape index (κ3) is 1.55. The molecule has 0 aliphatic rings. The average molecular weight is 242 g/mol. The van der Waals surface area contributed by atoms with Gasteiger partial charge in [-0.05, 0) is 30.0 Å². The highest BCUT2D eigenvalue weighted by molar-refractivity contribution is 5.96. The van der Waals surface area contributed by atoms with Crippen LogP contribution in [0, 0.1) is 0 Å². The molecule has 0 saturated carbocycles. The van der Waals surface area contributed by atoms with Crippen molar-refractivity contribution in [1.29, 1.82) is 0 Å². The molecule has 0 radical (unpaired) electrons. The molecule has 18 heavy (non-hydrogen) atoms. The van der Waals surface area contributed by atoms with Crippen LogP contribution in [0.15, 0.2) is 38.1 Å². The van der Waals surface area contributed by atoms with E-state index in [0.717, 1.165) is 34.8 Å². The van der Waals surface area contributed by atoms with Crippen molar-refractivity contribution in [2.45, 2.75) is 26.7 Å². The maximum Gasteiger partial charge on any atom is 0.336 e. The van der Waals surface area contributed by atoms with E-state index in [-0.39, 0.29) is 5.63 Å². The summed E-state index contributed by atoms with van der Waals surface area (Å²) < 4.78 is 10.7. The number of hydrogen-bond donors (Lipinski definition) is 0. The Labute approximate surface area is 104 Å². The van der Waals surface area contributed by atoms with Crippen molar-refractivity contribution >= 4 is 21.9 Å². The minimum atomic E-state index is -0.305. The molecular formula is C15H14O3. The second-order valence-corrected chi connectivity index (χ2v) is 4.40. The predicted octanol–water partition coefficient (Wildman–Crippen LogP) is 3.66. The lowest BCUT2D eigenvalue weighted by molar-refractivity contribution is 0.557. The van der Waals surface area contributed by atoms with Crippen molar-refractivity contribution in [3.8, 4) is 0 Å². The smallest absolute Gasteiger partial charge is 0.336 e. The fourth-order valence-electron chi connectivity index (χ4n) is 2.37. The molecule has 3 heteroatoms. The number of benzene rings is 1. The predicted molar refractivity (Wildman–Crippen MR) is 71.0 cm³/mol. The first-order valence-electron chi connectivity index (χ1n) is 6.19. The summed E-state index contributed by atoms with van der Waals surface area (Å²) in [6.07, 6.45) is 3.51. The molecule has 0 unspecified atom stereocenters. The summed E-state index contributed by atoms with van der Waals surface area (Å²) >= 11 is 0. The number of rotatable bonds is 2. The summed E-state index contributed by atoms with van der Waals surface area (Å²) in [6.45, 7) is 4.13. The van der Waals surface area contributed by atoms with Crippen LogP contribution >= 0.6 is 0 Å². The molecule has 1 aromatic carbocycles. The van der Waals surface area contributed by atoms with Crippen LogP contribution in [0.3, 0.4) is 0 Å². The summed E-state index contributed by atoms with van der Waals surface area (Å²) in [5.41, 5.74) is 3.27. The van der Waals surface area contributed by atoms with Gasteiger partial charge in [-0.2, -0.15) is 0 Å². The van der Waals surface area contributed by atoms with Crippen LogP contribution in [0.2, 0.25) is 0 Å². The SMILES string of the molecule is CCc1coc2cc3oc(=O)cc(CC)c3cc12. The van der Waals surface area contributed by atoms with E-state index < -0.39 is 0 Å². The number of fused-ring (bicyclic) bond motifs is 2. The lowest BCUT2D eigenvalue weighted by Gasteiger charge is -2.03. The summed E-state index contributed by atoms with van der Waals surface area (Å²) in [7, 11) is 0. The Morgan fingerprint density at radius 3 is 2.39 bits per heavy atom. The van der Waals surface area contributed by atoms with Crippen LogP contribution in [-0.4, -0.2) is 0 Å². The minimum absolute atomic E-state index is 0.305. The largest absolute Gasteiger partial charge is 0.464 e. The van der Waals surface area contributed by atoms with Gasteiger partial charge >= 0.3 is 5.63 Å². The monoisotopic (exact) mass is 242 g/mol. The zero-order valence-electron chi connectivity index (χ0n) is 10.4. The van der Waals surface area contributed by atoms with E-state index in [4.69, 9.17) is 8.83 Å². The lowest BCUT2D eigenvalue weighted by atomic mass is 10.0. The second-order valence-electron chi connectivity index (χ2n) is 4.40. The molecule has 0 N–H and O–H groups in total. The van der Waals surface area contributed by atoms with E-state index in [1.54, 1.807) is 12.3 Å². The summed E-state index contributed by atoms with van der Waals surface area (Å²) in [4.78, 5) is 11.5. The molecule has 0 saturated heterocycles. The van der Waals surface area contributed by atoms with Crippen molar-refractivity contribution < 1.29 is 8.83 Å². The highest BCUT2D eigenvalue weighted by Crippen LogP contribution is 2.28. The Morgan fingerprint density at radius 2 is 1.67 bits per heavy atom. The van der Waals surface area contributed by atoms with E-state index >= 15 is 0 Å². The van der Waals surface area contributed by atoms with Crippen molar-refractivity contribution in [1.82, 2.24) is 0 Å². The highest BCUT2D eigenvalue weighted by atomic mass is 16.4. The van der Waals surface area contributed by atoms with Crippen LogP contribution < -0.4 is 5.63 Å². The second kappa shape index (κ2) is 4.02. The fraction of sp³-hybridized carbons (Fsp3) is 0.267. The molecule has 0 aliphatic heterocycles. The van der Waals surface area contributed by atoms with Gasteiger partial charge in [0.15, 0.2) is 0 Å². The first-order chi connectivity index (χ1) is 8.72. The molecule has 3 aromatic rings. The maximum atomic E-state index is 11.5. The quantitative estimate of drug-likeness (QED) is 0.644. The van der Waals surface area contributed by atoms with E-state index in [0.29, 0.717) is 5.58 Å². The molecule has 92 valence electrons. The standard InChI is InChI=1S/C15H14O3/c1-3-9-5-15(16)18-14-7-13-12(6-11(9)14)10(4-2)8-17-13/h5-8H,3-4H2,1-2H3. The molecule has 0 amide bonds. The van der Waals surface area contributed by atoms with Gasteiger partial charge in [-0.15, -0.1) is 0 Å². The average Bonchev–Trinajstić information content (AvgIpc) is 2.77. The summed E-state index contributed by atoms with van der Waals surface area (Å²) in [5.74, 6) is 0. The van der Waals surface area contributed by atoms with Crippen LogP contribution in [-0.2, 0) is 12.8 Å². The van der Waals surface area contributed by atoms with Gasteiger partial charge in [-0.25, -0.2) is 4.79 Å². The van der Waals surface area contributed by atoms with E-state index in [2.05, 4.69) is 13.0 Å². The van der Waals surface area contributed by atoms with Gasteiger partial charge in [-0.3, -0.25) is 0 Å². The van der Waals surface area contributed by atoms with Crippen LogP contribution in [0.5, 0.6) is 0 Å². The zero-order valence-corrected chi connectivity index (χ0v) is 10.4. The maximum absolute atomic E-state index is 11.5. The van der Waals surface area contributed by atoms with Gasteiger partial charge < -0.3 is 8.83 Å². The zero-order chi connectivity index (χ0) is 12.7. The molecular weight excluding hydrogens is 228 g/mol. The molecule has 0 bridgehead atoms. The number of aryl methyl sites for hydroxylation is 2. The van der Waals surface area contributed by atoms with E-state index in [9.17, 15) is 4.79 Å². The van der Waals surface area contributed by atoms with Crippen molar-refractivity contribution in [2.24, 2.45) is 0 Å². The summed E-state index contributed by atoms with van der Waals surface area (Å²) in [5, 5.41) is 2.11. The Morgan fingerprint density at radius 1 is 0.944 bits per heavy atom. The Balaban J connectivity index is 2.46. The molecule has 0 atom stereocenters. The first kappa shape index (κ1) is 11.1. The molecule has 2 heterocycles. The van der Waals surface area contributed by atoms with Crippen molar-refractivity contribution in [2.75, 3.05) is 0 Å². The van der Waals surface area contributed by atoms with Gasteiger partial charge in [0.25, 0.3) is 0 Å².